The summed E-state index contributed by atoms with van der Waals surface area (Å²) in [5.74, 6) is 0.647. The molecule has 0 saturated carbocycles. The fourth-order valence-corrected chi connectivity index (χ4v) is 5.46. The summed E-state index contributed by atoms with van der Waals surface area (Å²) in [4.78, 5) is 7.65. The zero-order chi connectivity index (χ0) is 21.7. The van der Waals surface area contributed by atoms with E-state index in [2.05, 4.69) is 79.6 Å². The Hall–Kier alpha value is -2.85. The lowest BCUT2D eigenvalue weighted by molar-refractivity contribution is 0.415. The number of nitrogens with zero attached hydrogens (tertiary/aromatic N) is 3. The van der Waals surface area contributed by atoms with Gasteiger partial charge in [0, 0.05) is 24.2 Å². The van der Waals surface area contributed by atoms with Crippen molar-refractivity contribution in [3.05, 3.63) is 64.8 Å². The van der Waals surface area contributed by atoms with Crippen LogP contribution in [0.3, 0.4) is 0 Å². The van der Waals surface area contributed by atoms with Crippen LogP contribution in [-0.2, 0) is 0 Å². The molecule has 2 aromatic carbocycles. The minimum absolute atomic E-state index is 0.647. The summed E-state index contributed by atoms with van der Waals surface area (Å²) in [7, 11) is 0. The molecular weight excluding hydrogens is 380 g/mol. The maximum atomic E-state index is 5.95. The van der Waals surface area contributed by atoms with Crippen molar-refractivity contribution in [3.63, 3.8) is 0 Å². The van der Waals surface area contributed by atoms with Crippen molar-refractivity contribution < 1.29 is 0 Å². The highest BCUT2D eigenvalue weighted by Crippen LogP contribution is 2.40. The van der Waals surface area contributed by atoms with Gasteiger partial charge in [0.15, 0.2) is 0 Å². The van der Waals surface area contributed by atoms with E-state index in [-0.39, 0.29) is 0 Å². The molecule has 0 spiro atoms. The number of aromatic nitrogens is 2. The first-order valence-corrected chi connectivity index (χ1v) is 11.4. The Bertz CT molecular complexity index is 1250. The molecule has 1 saturated heterocycles. The number of anilines is 1. The molecule has 1 aliphatic heterocycles. The Morgan fingerprint density at radius 2 is 1.65 bits per heavy atom. The number of hydrogen-bond donors (Lipinski definition) is 1. The van der Waals surface area contributed by atoms with Crippen LogP contribution in [0.2, 0.25) is 0 Å². The fourth-order valence-electron chi connectivity index (χ4n) is 5.46. The molecule has 4 heteroatoms. The minimum Gasteiger partial charge on any atom is -0.371 e. The molecule has 0 aliphatic carbocycles. The summed E-state index contributed by atoms with van der Waals surface area (Å²) >= 11 is 0. The average molecular weight is 413 g/mol. The van der Waals surface area contributed by atoms with Crippen LogP contribution in [-0.4, -0.2) is 29.2 Å². The molecule has 0 amide bonds. The molecule has 5 rings (SSSR count). The number of rotatable bonds is 3. The van der Waals surface area contributed by atoms with E-state index in [0.717, 1.165) is 43.8 Å². The van der Waals surface area contributed by atoms with Gasteiger partial charge in [-0.15, -0.1) is 0 Å². The Balaban J connectivity index is 1.82. The third kappa shape index (κ3) is 3.30. The number of fused-ring (bicyclic) bond motifs is 3. The first kappa shape index (κ1) is 20.1. The van der Waals surface area contributed by atoms with Crippen LogP contribution in [0.1, 0.15) is 35.2 Å². The number of piperidine rings is 1. The van der Waals surface area contributed by atoms with Gasteiger partial charge in [-0.1, -0.05) is 35.9 Å². The highest BCUT2D eigenvalue weighted by Gasteiger charge is 2.24. The largest absolute Gasteiger partial charge is 0.371 e. The molecular formula is C27H32N4. The first-order valence-electron chi connectivity index (χ1n) is 11.4. The Kier molecular flexibility index (Phi) is 4.98. The van der Waals surface area contributed by atoms with Gasteiger partial charge >= 0.3 is 0 Å². The zero-order valence-corrected chi connectivity index (χ0v) is 19.1. The smallest absolute Gasteiger partial charge is 0.147 e. The Morgan fingerprint density at radius 3 is 2.32 bits per heavy atom. The van der Waals surface area contributed by atoms with Crippen molar-refractivity contribution in [3.8, 4) is 5.69 Å². The zero-order valence-electron chi connectivity index (χ0n) is 19.1. The summed E-state index contributed by atoms with van der Waals surface area (Å²) in [6, 6.07) is 15.6. The molecule has 160 valence electrons. The first-order chi connectivity index (χ1) is 15.0. The normalized spacial score (nSPS) is 15.3. The molecule has 4 nitrogen and oxygen atoms in total. The summed E-state index contributed by atoms with van der Waals surface area (Å²) < 4.78 is 2.39. The standard InChI is InChI=1S/C27H32N4/c1-17-13-18(2)26(19(3)14-17)31-23-8-6-5-7-22(23)25-24(15-20(4)29-27(25)31)30-11-9-21(16-28)10-12-30/h5-8,13-15,21H,9-12,16,28H2,1-4H3. The van der Waals surface area contributed by atoms with E-state index in [1.54, 1.807) is 0 Å². The second-order valence-electron chi connectivity index (χ2n) is 9.25. The van der Waals surface area contributed by atoms with E-state index < -0.39 is 0 Å². The highest BCUT2D eigenvalue weighted by atomic mass is 15.1. The van der Waals surface area contributed by atoms with E-state index in [9.17, 15) is 0 Å². The van der Waals surface area contributed by atoms with Gasteiger partial charge in [0.1, 0.15) is 5.65 Å². The van der Waals surface area contributed by atoms with Crippen LogP contribution in [0.25, 0.3) is 27.6 Å². The molecule has 2 N–H and O–H groups in total. The van der Waals surface area contributed by atoms with Gasteiger partial charge in [-0.25, -0.2) is 4.98 Å². The molecule has 1 aliphatic rings. The van der Waals surface area contributed by atoms with E-state index in [1.807, 2.05) is 0 Å². The van der Waals surface area contributed by atoms with Crippen LogP contribution >= 0.6 is 0 Å². The topological polar surface area (TPSA) is 47.1 Å². The van der Waals surface area contributed by atoms with Crippen LogP contribution in [0.5, 0.6) is 0 Å². The summed E-state index contributed by atoms with van der Waals surface area (Å²) in [6.45, 7) is 11.6. The summed E-state index contributed by atoms with van der Waals surface area (Å²) in [5, 5.41) is 2.55. The monoisotopic (exact) mass is 412 g/mol. The van der Waals surface area contributed by atoms with Crippen LogP contribution < -0.4 is 10.6 Å². The van der Waals surface area contributed by atoms with Gasteiger partial charge in [-0.2, -0.15) is 0 Å². The maximum absolute atomic E-state index is 5.95. The average Bonchev–Trinajstić information content (AvgIpc) is 3.07. The molecule has 31 heavy (non-hydrogen) atoms. The second kappa shape index (κ2) is 7.69. The number of hydrogen-bond acceptors (Lipinski definition) is 3. The SMILES string of the molecule is Cc1cc(C)c(-n2c3ccccc3c3c(N4CCC(CN)CC4)cc(C)nc32)c(C)c1. The number of nitrogens with two attached hydrogens (primary N) is 1. The number of pyridine rings is 1. The number of para-hydroxylation sites is 1. The van der Waals surface area contributed by atoms with Gasteiger partial charge in [-0.3, -0.25) is 4.57 Å². The lowest BCUT2D eigenvalue weighted by Gasteiger charge is -2.33. The predicted molar refractivity (Wildman–Crippen MR) is 132 cm³/mol. The van der Waals surface area contributed by atoms with Gasteiger partial charge in [0.05, 0.1) is 22.3 Å². The van der Waals surface area contributed by atoms with Crippen molar-refractivity contribution in [1.29, 1.82) is 0 Å². The quantitative estimate of drug-likeness (QED) is 0.477. The van der Waals surface area contributed by atoms with Gasteiger partial charge < -0.3 is 10.6 Å². The van der Waals surface area contributed by atoms with Crippen molar-refractivity contribution in [1.82, 2.24) is 9.55 Å². The highest BCUT2D eigenvalue weighted by molar-refractivity contribution is 6.14. The van der Waals surface area contributed by atoms with E-state index in [1.165, 1.54) is 44.4 Å². The molecule has 0 unspecified atom stereocenters. The molecule has 3 heterocycles. The van der Waals surface area contributed by atoms with E-state index in [0.29, 0.717) is 5.92 Å². The Morgan fingerprint density at radius 1 is 0.968 bits per heavy atom. The number of aryl methyl sites for hydroxylation is 4. The lowest BCUT2D eigenvalue weighted by atomic mass is 9.96. The van der Waals surface area contributed by atoms with Gasteiger partial charge in [-0.05, 0) is 76.3 Å². The van der Waals surface area contributed by atoms with E-state index in [4.69, 9.17) is 10.7 Å². The van der Waals surface area contributed by atoms with Crippen molar-refractivity contribution >= 4 is 27.6 Å². The van der Waals surface area contributed by atoms with Crippen LogP contribution in [0, 0.1) is 33.6 Å². The molecule has 0 radical (unpaired) electrons. The third-order valence-electron chi connectivity index (χ3n) is 6.88. The second-order valence-corrected chi connectivity index (χ2v) is 9.25. The molecule has 0 atom stereocenters. The third-order valence-corrected chi connectivity index (χ3v) is 6.88. The number of benzene rings is 2. The van der Waals surface area contributed by atoms with Crippen molar-refractivity contribution in [2.75, 3.05) is 24.5 Å². The molecule has 1 fully saturated rings. The lowest BCUT2D eigenvalue weighted by Crippen LogP contribution is -2.36. The Labute approximate surface area is 184 Å². The predicted octanol–water partition coefficient (Wildman–Crippen LogP) is 5.59. The van der Waals surface area contributed by atoms with Crippen molar-refractivity contribution in [2.45, 2.75) is 40.5 Å². The van der Waals surface area contributed by atoms with Crippen LogP contribution in [0.15, 0.2) is 42.5 Å². The van der Waals surface area contributed by atoms with Gasteiger partial charge in [0.2, 0.25) is 0 Å². The van der Waals surface area contributed by atoms with Gasteiger partial charge in [0.25, 0.3) is 0 Å². The summed E-state index contributed by atoms with van der Waals surface area (Å²) in [6.07, 6.45) is 2.32. The molecule has 0 bridgehead atoms. The molecule has 2 aromatic heterocycles. The fraction of sp³-hybridized carbons (Fsp3) is 0.370. The van der Waals surface area contributed by atoms with Crippen LogP contribution in [0.4, 0.5) is 5.69 Å². The summed E-state index contributed by atoms with van der Waals surface area (Å²) in [5.41, 5.74) is 15.7. The van der Waals surface area contributed by atoms with Crippen molar-refractivity contribution in [2.24, 2.45) is 11.7 Å². The minimum atomic E-state index is 0.647. The molecule has 4 aromatic rings. The maximum Gasteiger partial charge on any atom is 0.147 e. The van der Waals surface area contributed by atoms with E-state index >= 15 is 0 Å².